The van der Waals surface area contributed by atoms with Crippen molar-refractivity contribution in [3.8, 4) is 0 Å². The first-order valence-corrected chi connectivity index (χ1v) is 10.8. The lowest BCUT2D eigenvalue weighted by Crippen LogP contribution is -2.30. The molecular formula is C22H18ClN5O2S. The molecular weight excluding hydrogens is 434 g/mol. The van der Waals surface area contributed by atoms with E-state index in [-0.39, 0.29) is 17.2 Å². The van der Waals surface area contributed by atoms with Crippen LogP contribution in [-0.4, -0.2) is 25.3 Å². The molecule has 1 N–H and O–H groups in total. The molecule has 0 atom stereocenters. The van der Waals surface area contributed by atoms with E-state index in [1.807, 2.05) is 36.4 Å². The fraction of sp³-hybridized carbons (Fsp3) is 0.0909. The minimum Gasteiger partial charge on any atom is -0.334 e. The number of hydrogen-bond acceptors (Lipinski definition) is 6. The number of benzene rings is 2. The monoisotopic (exact) mass is 451 g/mol. The Balaban J connectivity index is 1.69. The van der Waals surface area contributed by atoms with Gasteiger partial charge in [-0.2, -0.15) is 4.68 Å². The predicted molar refractivity (Wildman–Crippen MR) is 122 cm³/mol. The molecule has 0 amide bonds. The number of anilines is 2. The maximum absolute atomic E-state index is 13.3. The van der Waals surface area contributed by atoms with Crippen molar-refractivity contribution < 1.29 is 4.79 Å². The molecule has 0 aliphatic carbocycles. The van der Waals surface area contributed by atoms with Crippen LogP contribution in [0.3, 0.4) is 0 Å². The number of hydrogen-bond donors (Lipinski definition) is 1. The minimum absolute atomic E-state index is 0.0523. The molecule has 31 heavy (non-hydrogen) atoms. The molecule has 0 fully saturated rings. The van der Waals surface area contributed by atoms with E-state index in [2.05, 4.69) is 15.5 Å². The number of carbonyl (C=O) groups excluding carboxylic acids is 1. The van der Waals surface area contributed by atoms with Crippen LogP contribution in [0, 0.1) is 0 Å². The molecule has 2 aromatic heterocycles. The maximum atomic E-state index is 13.3. The van der Waals surface area contributed by atoms with Crippen molar-refractivity contribution in [1.82, 2.24) is 19.5 Å². The number of rotatable bonds is 7. The quantitative estimate of drug-likeness (QED) is 0.325. The Kier molecular flexibility index (Phi) is 6.20. The molecule has 0 saturated carbocycles. The van der Waals surface area contributed by atoms with Crippen molar-refractivity contribution in [2.75, 3.05) is 5.32 Å². The van der Waals surface area contributed by atoms with Gasteiger partial charge in [-0.3, -0.25) is 14.3 Å². The van der Waals surface area contributed by atoms with Crippen molar-refractivity contribution >= 4 is 40.7 Å². The van der Waals surface area contributed by atoms with Crippen LogP contribution in [0.4, 0.5) is 11.5 Å². The van der Waals surface area contributed by atoms with E-state index in [0.29, 0.717) is 27.2 Å². The Bertz CT molecular complexity index is 1290. The Morgan fingerprint density at radius 1 is 1.06 bits per heavy atom. The molecule has 9 heteroatoms. The summed E-state index contributed by atoms with van der Waals surface area (Å²) >= 11 is 7.61. The Labute approximate surface area is 187 Å². The fourth-order valence-corrected chi connectivity index (χ4v) is 4.12. The summed E-state index contributed by atoms with van der Waals surface area (Å²) in [5.41, 5.74) is 1.68. The summed E-state index contributed by atoms with van der Waals surface area (Å²) in [6.45, 7) is 1.49. The van der Waals surface area contributed by atoms with Gasteiger partial charge in [-0.25, -0.2) is 0 Å². The average molecular weight is 452 g/mol. The van der Waals surface area contributed by atoms with Gasteiger partial charge in [0.25, 0.3) is 0 Å². The normalized spacial score (nSPS) is 10.8. The van der Waals surface area contributed by atoms with E-state index in [4.69, 9.17) is 11.6 Å². The van der Waals surface area contributed by atoms with E-state index in [1.165, 1.54) is 23.4 Å². The molecule has 7 nitrogen and oxygen atoms in total. The van der Waals surface area contributed by atoms with Gasteiger partial charge in [0.05, 0.1) is 0 Å². The third-order valence-electron chi connectivity index (χ3n) is 4.48. The predicted octanol–water partition coefficient (Wildman–Crippen LogP) is 4.64. The summed E-state index contributed by atoms with van der Waals surface area (Å²) in [6, 6.07) is 18.1. The van der Waals surface area contributed by atoms with Crippen LogP contribution in [-0.2, 0) is 5.75 Å². The zero-order chi connectivity index (χ0) is 21.8. The number of nitrogens with zero attached hydrogens (tertiary/aromatic N) is 4. The summed E-state index contributed by atoms with van der Waals surface area (Å²) in [5, 5.41) is 12.4. The van der Waals surface area contributed by atoms with E-state index >= 15 is 0 Å². The summed E-state index contributed by atoms with van der Waals surface area (Å²) in [5.74, 6) is 0.518. The minimum atomic E-state index is -0.374. The van der Waals surface area contributed by atoms with Gasteiger partial charge < -0.3 is 5.32 Å². The van der Waals surface area contributed by atoms with Crippen molar-refractivity contribution in [3.05, 3.63) is 99.6 Å². The Morgan fingerprint density at radius 3 is 2.58 bits per heavy atom. The highest BCUT2D eigenvalue weighted by molar-refractivity contribution is 7.98. The number of ketones is 1. The van der Waals surface area contributed by atoms with Crippen LogP contribution >= 0.6 is 23.4 Å². The lowest BCUT2D eigenvalue weighted by Gasteiger charge is -2.14. The van der Waals surface area contributed by atoms with Gasteiger partial charge in [0, 0.05) is 34.4 Å². The van der Waals surface area contributed by atoms with Gasteiger partial charge in [-0.05, 0) is 42.8 Å². The molecule has 0 unspecified atom stereocenters. The van der Waals surface area contributed by atoms with Crippen LogP contribution in [0.2, 0.25) is 5.02 Å². The smallest absolute Gasteiger partial charge is 0.316 e. The fourth-order valence-electron chi connectivity index (χ4n) is 2.91. The van der Waals surface area contributed by atoms with Gasteiger partial charge in [-0.1, -0.05) is 53.7 Å². The molecule has 0 spiro atoms. The first-order valence-electron chi connectivity index (χ1n) is 9.40. The van der Waals surface area contributed by atoms with E-state index in [9.17, 15) is 9.59 Å². The first-order chi connectivity index (χ1) is 15.0. The molecule has 156 valence electrons. The second-order valence-electron chi connectivity index (χ2n) is 6.65. The summed E-state index contributed by atoms with van der Waals surface area (Å²) in [6.07, 6.45) is 3.51. The van der Waals surface area contributed by atoms with E-state index in [0.717, 1.165) is 5.56 Å². The molecule has 0 radical (unpaired) electrons. The van der Waals surface area contributed by atoms with Crippen molar-refractivity contribution in [1.29, 1.82) is 0 Å². The molecule has 2 aromatic carbocycles. The highest BCUT2D eigenvalue weighted by atomic mass is 35.5. The Hall–Kier alpha value is -3.36. The van der Waals surface area contributed by atoms with E-state index < -0.39 is 0 Å². The first kappa shape index (κ1) is 20.9. The second-order valence-corrected chi connectivity index (χ2v) is 8.00. The van der Waals surface area contributed by atoms with Gasteiger partial charge in [-0.15, -0.1) is 10.2 Å². The number of thioether (sulfide) groups is 1. The van der Waals surface area contributed by atoms with Gasteiger partial charge in [0.15, 0.2) is 5.78 Å². The van der Waals surface area contributed by atoms with Gasteiger partial charge >= 0.3 is 5.56 Å². The summed E-state index contributed by atoms with van der Waals surface area (Å²) in [4.78, 5) is 24.9. The van der Waals surface area contributed by atoms with Crippen molar-refractivity contribution in [2.45, 2.75) is 17.8 Å². The third kappa shape index (κ3) is 4.70. The molecule has 4 aromatic rings. The highest BCUT2D eigenvalue weighted by Gasteiger charge is 2.15. The van der Waals surface area contributed by atoms with Crippen LogP contribution in [0.15, 0.2) is 83.0 Å². The molecule has 0 aliphatic heterocycles. The molecule has 0 aliphatic rings. The molecule has 0 saturated heterocycles. The lowest BCUT2D eigenvalue weighted by molar-refractivity contribution is 0.101. The lowest BCUT2D eigenvalue weighted by atomic mass is 10.1. The van der Waals surface area contributed by atoms with Crippen molar-refractivity contribution in [3.63, 3.8) is 0 Å². The van der Waals surface area contributed by atoms with Crippen molar-refractivity contribution in [2.24, 2.45) is 0 Å². The number of aromatic nitrogens is 4. The number of halogens is 1. The standard InChI is InChI=1S/C22H18ClN5O2S/c1-15(29)16-8-6-9-18(13-16)24-20-21(30)28(27-11-4-5-12-27)22(26-25-20)31-14-17-7-2-3-10-19(17)23/h2-13H,14H2,1H3,(H,24,25). The van der Waals surface area contributed by atoms with Crippen LogP contribution in [0.1, 0.15) is 22.8 Å². The molecule has 2 heterocycles. The number of nitrogens with one attached hydrogen (secondary N) is 1. The van der Waals surface area contributed by atoms with E-state index in [1.54, 1.807) is 41.3 Å². The molecule has 4 rings (SSSR count). The topological polar surface area (TPSA) is 81.8 Å². The number of carbonyl (C=O) groups is 1. The zero-order valence-corrected chi connectivity index (χ0v) is 18.1. The summed E-state index contributed by atoms with van der Waals surface area (Å²) in [7, 11) is 0. The summed E-state index contributed by atoms with van der Waals surface area (Å²) < 4.78 is 3.08. The molecule has 0 bridgehead atoms. The third-order valence-corrected chi connectivity index (χ3v) is 5.81. The van der Waals surface area contributed by atoms with Gasteiger partial charge in [0.2, 0.25) is 11.0 Å². The zero-order valence-electron chi connectivity index (χ0n) is 16.5. The van der Waals surface area contributed by atoms with Crippen LogP contribution in [0.25, 0.3) is 0 Å². The number of Topliss-reactive ketones (excluding diaryl/α,β-unsaturated/α-hetero) is 1. The maximum Gasteiger partial charge on any atom is 0.316 e. The average Bonchev–Trinajstić information content (AvgIpc) is 3.29. The van der Waals surface area contributed by atoms with Crippen LogP contribution < -0.4 is 10.9 Å². The van der Waals surface area contributed by atoms with Gasteiger partial charge in [0.1, 0.15) is 0 Å². The second kappa shape index (κ2) is 9.20. The largest absolute Gasteiger partial charge is 0.334 e. The SMILES string of the molecule is CC(=O)c1cccc(Nc2nnc(SCc3ccccc3Cl)n(-n3cccc3)c2=O)c1. The Morgan fingerprint density at radius 2 is 1.84 bits per heavy atom. The van der Waals surface area contributed by atoms with Crippen LogP contribution in [0.5, 0.6) is 0 Å². The highest BCUT2D eigenvalue weighted by Crippen LogP contribution is 2.25.